The van der Waals surface area contributed by atoms with Gasteiger partial charge in [0, 0.05) is 43.0 Å². The van der Waals surface area contributed by atoms with E-state index in [0.29, 0.717) is 5.88 Å². The number of hydrogen-bond acceptors (Lipinski definition) is 2. The van der Waals surface area contributed by atoms with Crippen LogP contribution in [0.3, 0.4) is 0 Å². The van der Waals surface area contributed by atoms with Gasteiger partial charge >= 0.3 is 0 Å². The van der Waals surface area contributed by atoms with Crippen LogP contribution in [0.5, 0.6) is 0 Å². The maximum Gasteiger partial charge on any atom is 0.111 e. The quantitative estimate of drug-likeness (QED) is 0.646. The average molecular weight is 368 g/mol. The summed E-state index contributed by atoms with van der Waals surface area (Å²) >= 11 is 9.44. The van der Waals surface area contributed by atoms with Gasteiger partial charge in [-0.15, -0.1) is 11.6 Å². The molecule has 0 amide bonds. The van der Waals surface area contributed by atoms with Gasteiger partial charge in [0.05, 0.1) is 16.7 Å². The van der Waals surface area contributed by atoms with Crippen molar-refractivity contribution in [1.29, 1.82) is 0 Å². The Hall–Kier alpha value is -1.33. The second-order valence-electron chi connectivity index (χ2n) is 4.98. The van der Waals surface area contributed by atoms with Crippen molar-refractivity contribution in [2.75, 3.05) is 5.88 Å². The van der Waals surface area contributed by atoms with E-state index in [1.54, 1.807) is 0 Å². The fourth-order valence-corrected chi connectivity index (χ4v) is 3.01. The number of aromatic nitrogens is 4. The number of hydrogen-bond donors (Lipinski definition) is 0. The molecule has 6 heteroatoms. The van der Waals surface area contributed by atoms with Crippen LogP contribution >= 0.6 is 27.5 Å². The largest absolute Gasteiger partial charge is 0.328 e. The molecule has 0 aliphatic rings. The van der Waals surface area contributed by atoms with E-state index in [-0.39, 0.29) is 0 Å². The highest BCUT2D eigenvalue weighted by Gasteiger charge is 2.11. The van der Waals surface area contributed by atoms with Crippen LogP contribution in [-0.4, -0.2) is 25.2 Å². The number of fused-ring (bicyclic) bond motifs is 1. The second-order valence-corrected chi connectivity index (χ2v) is 6.28. The zero-order valence-corrected chi connectivity index (χ0v) is 14.1. The summed E-state index contributed by atoms with van der Waals surface area (Å²) in [6.45, 7) is 0.857. The van der Waals surface area contributed by atoms with Crippen molar-refractivity contribution in [3.63, 3.8) is 0 Å². The second kappa shape index (κ2) is 6.20. The minimum absolute atomic E-state index is 0.577. The Morgan fingerprint density at radius 1 is 1.24 bits per heavy atom. The van der Waals surface area contributed by atoms with Gasteiger partial charge in [-0.05, 0) is 24.3 Å². The van der Waals surface area contributed by atoms with E-state index in [0.717, 1.165) is 46.4 Å². The van der Waals surface area contributed by atoms with Gasteiger partial charge in [0.1, 0.15) is 5.82 Å². The molecule has 0 radical (unpaired) electrons. The van der Waals surface area contributed by atoms with Crippen LogP contribution in [0.25, 0.3) is 11.0 Å². The van der Waals surface area contributed by atoms with Gasteiger partial charge < -0.3 is 4.57 Å². The molecule has 0 aliphatic heterocycles. The highest BCUT2D eigenvalue weighted by Crippen LogP contribution is 2.22. The average Bonchev–Trinajstić information content (AvgIpc) is 3.01. The molecular formula is C15H16BrClN4. The molecule has 3 aromatic rings. The number of rotatable bonds is 5. The Bertz CT molecular complexity index is 762. The molecular weight excluding hydrogens is 352 g/mol. The molecule has 0 saturated heterocycles. The van der Waals surface area contributed by atoms with Crippen LogP contribution in [0.1, 0.15) is 11.5 Å². The fourth-order valence-electron chi connectivity index (χ4n) is 2.49. The van der Waals surface area contributed by atoms with E-state index in [2.05, 4.69) is 37.7 Å². The van der Waals surface area contributed by atoms with Crippen LogP contribution in [0.4, 0.5) is 0 Å². The molecule has 1 aromatic carbocycles. The zero-order chi connectivity index (χ0) is 14.8. The van der Waals surface area contributed by atoms with E-state index >= 15 is 0 Å². The number of benzene rings is 1. The van der Waals surface area contributed by atoms with Crippen molar-refractivity contribution >= 4 is 38.6 Å². The number of halogens is 2. The van der Waals surface area contributed by atoms with Gasteiger partial charge in [-0.3, -0.25) is 4.68 Å². The maximum atomic E-state index is 5.91. The summed E-state index contributed by atoms with van der Waals surface area (Å²) in [5.41, 5.74) is 3.24. The van der Waals surface area contributed by atoms with Crippen molar-refractivity contribution in [1.82, 2.24) is 19.3 Å². The van der Waals surface area contributed by atoms with Gasteiger partial charge in [0.2, 0.25) is 0 Å². The Morgan fingerprint density at radius 3 is 2.81 bits per heavy atom. The summed E-state index contributed by atoms with van der Waals surface area (Å²) < 4.78 is 5.14. The first kappa shape index (κ1) is 14.6. The van der Waals surface area contributed by atoms with Gasteiger partial charge in [0.25, 0.3) is 0 Å². The van der Waals surface area contributed by atoms with E-state index in [4.69, 9.17) is 16.6 Å². The smallest absolute Gasteiger partial charge is 0.111 e. The van der Waals surface area contributed by atoms with E-state index in [1.807, 2.05) is 30.1 Å². The normalized spacial score (nSPS) is 11.4. The number of aryl methyl sites for hydroxylation is 4. The molecule has 3 rings (SSSR count). The minimum atomic E-state index is 0.577. The highest BCUT2D eigenvalue weighted by molar-refractivity contribution is 9.10. The maximum absolute atomic E-state index is 5.91. The van der Waals surface area contributed by atoms with Gasteiger partial charge in [-0.1, -0.05) is 15.9 Å². The molecule has 0 aliphatic carbocycles. The Kier molecular flexibility index (Phi) is 4.31. The summed E-state index contributed by atoms with van der Waals surface area (Å²) in [7, 11) is 1.94. The van der Waals surface area contributed by atoms with Crippen molar-refractivity contribution in [3.05, 3.63) is 46.5 Å². The summed E-state index contributed by atoms with van der Waals surface area (Å²) in [6, 6.07) is 8.21. The van der Waals surface area contributed by atoms with Crippen LogP contribution in [-0.2, 0) is 26.4 Å². The highest BCUT2D eigenvalue weighted by atomic mass is 79.9. The lowest BCUT2D eigenvalue weighted by Gasteiger charge is -2.07. The lowest BCUT2D eigenvalue weighted by Crippen LogP contribution is -2.07. The summed E-state index contributed by atoms with van der Waals surface area (Å²) in [5.74, 6) is 1.61. The molecule has 4 nitrogen and oxygen atoms in total. The third-order valence-corrected chi connectivity index (χ3v) is 4.15. The SMILES string of the molecule is Cn1ccc(CCn2c(CCCl)nc3ccc(Br)cc32)n1. The molecule has 2 aromatic heterocycles. The first-order chi connectivity index (χ1) is 10.2. The first-order valence-corrected chi connectivity index (χ1v) is 8.19. The number of imidazole rings is 1. The van der Waals surface area contributed by atoms with Crippen molar-refractivity contribution in [2.24, 2.45) is 7.05 Å². The molecule has 0 bridgehead atoms. The molecule has 2 heterocycles. The molecule has 21 heavy (non-hydrogen) atoms. The lowest BCUT2D eigenvalue weighted by molar-refractivity contribution is 0.651. The van der Waals surface area contributed by atoms with E-state index < -0.39 is 0 Å². The van der Waals surface area contributed by atoms with Crippen molar-refractivity contribution < 1.29 is 0 Å². The van der Waals surface area contributed by atoms with Crippen molar-refractivity contribution in [2.45, 2.75) is 19.4 Å². The van der Waals surface area contributed by atoms with Crippen LogP contribution < -0.4 is 0 Å². The standard InChI is InChI=1S/C15H16BrClN4/c1-20-8-5-12(19-20)6-9-21-14-10-11(16)2-3-13(14)18-15(21)4-7-17/h2-3,5,8,10H,4,6-7,9H2,1H3. The molecule has 0 spiro atoms. The fraction of sp³-hybridized carbons (Fsp3) is 0.333. The minimum Gasteiger partial charge on any atom is -0.328 e. The van der Waals surface area contributed by atoms with Gasteiger partial charge in [0.15, 0.2) is 0 Å². The van der Waals surface area contributed by atoms with Crippen LogP contribution in [0.2, 0.25) is 0 Å². The monoisotopic (exact) mass is 366 g/mol. The van der Waals surface area contributed by atoms with Gasteiger partial charge in [-0.25, -0.2) is 4.98 Å². The molecule has 0 fully saturated rings. The lowest BCUT2D eigenvalue weighted by atomic mass is 10.3. The van der Waals surface area contributed by atoms with Crippen molar-refractivity contribution in [3.8, 4) is 0 Å². The number of alkyl halides is 1. The third kappa shape index (κ3) is 3.14. The number of nitrogens with zero attached hydrogens (tertiary/aromatic N) is 4. The predicted molar refractivity (Wildman–Crippen MR) is 88.8 cm³/mol. The molecule has 110 valence electrons. The predicted octanol–water partition coefficient (Wildman–Crippen LogP) is 3.56. The zero-order valence-electron chi connectivity index (χ0n) is 11.8. The summed E-state index contributed by atoms with van der Waals surface area (Å²) in [6.07, 6.45) is 3.63. The summed E-state index contributed by atoms with van der Waals surface area (Å²) in [5, 5.41) is 4.43. The topological polar surface area (TPSA) is 35.6 Å². The first-order valence-electron chi connectivity index (χ1n) is 6.86. The van der Waals surface area contributed by atoms with Gasteiger partial charge in [-0.2, -0.15) is 5.10 Å². The molecule has 0 atom stereocenters. The molecule has 0 unspecified atom stereocenters. The Labute approximate surface area is 136 Å². The van der Waals surface area contributed by atoms with E-state index in [1.165, 1.54) is 0 Å². The van der Waals surface area contributed by atoms with Crippen LogP contribution in [0, 0.1) is 0 Å². The Balaban J connectivity index is 1.94. The molecule has 0 N–H and O–H groups in total. The Morgan fingerprint density at radius 2 is 2.10 bits per heavy atom. The van der Waals surface area contributed by atoms with E-state index in [9.17, 15) is 0 Å². The summed E-state index contributed by atoms with van der Waals surface area (Å²) in [4.78, 5) is 4.69. The van der Waals surface area contributed by atoms with Crippen LogP contribution in [0.15, 0.2) is 34.9 Å². The molecule has 0 saturated carbocycles. The third-order valence-electron chi connectivity index (χ3n) is 3.47.